The number of aryl methyl sites for hydroxylation is 1. The Morgan fingerprint density at radius 3 is 3.00 bits per heavy atom. The fourth-order valence-electron chi connectivity index (χ4n) is 2.46. The molecule has 1 aromatic carbocycles. The van der Waals surface area contributed by atoms with Gasteiger partial charge in [-0.3, -0.25) is 0 Å². The van der Waals surface area contributed by atoms with Crippen molar-refractivity contribution in [2.75, 3.05) is 24.5 Å². The van der Waals surface area contributed by atoms with Gasteiger partial charge in [0.1, 0.15) is 0 Å². The fraction of sp³-hybridized carbons (Fsp3) is 0.571. The lowest BCUT2D eigenvalue weighted by molar-refractivity contribution is 0.430. The van der Waals surface area contributed by atoms with E-state index in [1.807, 2.05) is 6.92 Å². The van der Waals surface area contributed by atoms with Crippen molar-refractivity contribution in [3.05, 3.63) is 27.2 Å². The largest absolute Gasteiger partial charge is 0.368 e. The fourth-order valence-corrected chi connectivity index (χ4v) is 3.33. The number of nitrogens with one attached hydrogen (secondary N) is 1. The van der Waals surface area contributed by atoms with E-state index in [4.69, 9.17) is 11.6 Å². The molecule has 1 heterocycles. The zero-order valence-electron chi connectivity index (χ0n) is 11.0. The van der Waals surface area contributed by atoms with Gasteiger partial charge in [0.15, 0.2) is 0 Å². The first kappa shape index (κ1) is 14.2. The average molecular weight is 332 g/mol. The lowest BCUT2D eigenvalue weighted by Gasteiger charge is -2.36. The van der Waals surface area contributed by atoms with Crippen LogP contribution in [0.15, 0.2) is 16.6 Å². The number of hydrogen-bond donors (Lipinski definition) is 1. The van der Waals surface area contributed by atoms with E-state index in [1.54, 1.807) is 0 Å². The molecule has 18 heavy (non-hydrogen) atoms. The van der Waals surface area contributed by atoms with Crippen LogP contribution in [0.3, 0.4) is 0 Å². The van der Waals surface area contributed by atoms with E-state index >= 15 is 0 Å². The van der Waals surface area contributed by atoms with Gasteiger partial charge in [0, 0.05) is 35.2 Å². The molecule has 0 saturated carbocycles. The second-order valence-electron chi connectivity index (χ2n) is 4.94. The minimum Gasteiger partial charge on any atom is -0.368 e. The predicted octanol–water partition coefficient (Wildman–Crippen LogP) is 3.99. The van der Waals surface area contributed by atoms with Crippen molar-refractivity contribution < 1.29 is 0 Å². The van der Waals surface area contributed by atoms with E-state index in [9.17, 15) is 0 Å². The molecule has 0 amide bonds. The summed E-state index contributed by atoms with van der Waals surface area (Å²) in [6.07, 6.45) is 2.45. The van der Waals surface area contributed by atoms with Crippen LogP contribution in [0.2, 0.25) is 5.02 Å². The van der Waals surface area contributed by atoms with Crippen LogP contribution in [-0.2, 0) is 0 Å². The molecule has 0 radical (unpaired) electrons. The van der Waals surface area contributed by atoms with Crippen molar-refractivity contribution in [1.82, 2.24) is 5.32 Å². The Kier molecular flexibility index (Phi) is 4.93. The van der Waals surface area contributed by atoms with Crippen molar-refractivity contribution in [2.24, 2.45) is 0 Å². The van der Waals surface area contributed by atoms with Crippen LogP contribution in [0.5, 0.6) is 0 Å². The lowest BCUT2D eigenvalue weighted by atomic mass is 10.1. The third kappa shape index (κ3) is 3.19. The molecule has 0 aromatic heterocycles. The van der Waals surface area contributed by atoms with Crippen molar-refractivity contribution in [3.63, 3.8) is 0 Å². The van der Waals surface area contributed by atoms with Crippen molar-refractivity contribution >= 4 is 33.2 Å². The van der Waals surface area contributed by atoms with Gasteiger partial charge >= 0.3 is 0 Å². The first-order chi connectivity index (χ1) is 8.61. The maximum atomic E-state index is 6.24. The molecule has 0 bridgehead atoms. The monoisotopic (exact) mass is 330 g/mol. The van der Waals surface area contributed by atoms with Gasteiger partial charge in [-0.2, -0.15) is 0 Å². The second-order valence-corrected chi connectivity index (χ2v) is 6.20. The summed E-state index contributed by atoms with van der Waals surface area (Å²) in [6, 6.07) is 4.78. The van der Waals surface area contributed by atoms with Gasteiger partial charge in [0.05, 0.1) is 5.69 Å². The standard InChI is InChI=1S/C14H20BrClN2/c1-3-4-11-9-18(6-5-17-11)14-8-13(16)10(2)7-12(14)15/h7-8,11,17H,3-6,9H2,1-2H3. The summed E-state index contributed by atoms with van der Waals surface area (Å²) < 4.78 is 1.14. The lowest BCUT2D eigenvalue weighted by Crippen LogP contribution is -2.50. The van der Waals surface area contributed by atoms with Crippen LogP contribution >= 0.6 is 27.5 Å². The van der Waals surface area contributed by atoms with Crippen LogP contribution in [-0.4, -0.2) is 25.7 Å². The van der Waals surface area contributed by atoms with Crippen molar-refractivity contribution in [2.45, 2.75) is 32.7 Å². The highest BCUT2D eigenvalue weighted by atomic mass is 79.9. The first-order valence-electron chi connectivity index (χ1n) is 6.55. The summed E-state index contributed by atoms with van der Waals surface area (Å²) >= 11 is 9.89. The maximum absolute atomic E-state index is 6.24. The molecule has 1 unspecified atom stereocenters. The molecule has 1 aliphatic rings. The average Bonchev–Trinajstić information content (AvgIpc) is 2.34. The van der Waals surface area contributed by atoms with Gasteiger partial charge in [-0.25, -0.2) is 0 Å². The number of rotatable bonds is 3. The van der Waals surface area contributed by atoms with Crippen LogP contribution in [0.1, 0.15) is 25.3 Å². The van der Waals surface area contributed by atoms with Gasteiger partial charge in [0.2, 0.25) is 0 Å². The molecular formula is C14H20BrClN2. The van der Waals surface area contributed by atoms with E-state index in [0.29, 0.717) is 6.04 Å². The quantitative estimate of drug-likeness (QED) is 0.901. The molecule has 4 heteroatoms. The Morgan fingerprint density at radius 1 is 1.50 bits per heavy atom. The van der Waals surface area contributed by atoms with Crippen LogP contribution in [0.25, 0.3) is 0 Å². The first-order valence-corrected chi connectivity index (χ1v) is 7.73. The zero-order chi connectivity index (χ0) is 13.1. The van der Waals surface area contributed by atoms with E-state index in [0.717, 1.165) is 34.7 Å². The summed E-state index contributed by atoms with van der Waals surface area (Å²) in [5.74, 6) is 0. The summed E-state index contributed by atoms with van der Waals surface area (Å²) in [5.41, 5.74) is 2.33. The van der Waals surface area contributed by atoms with Crippen LogP contribution in [0.4, 0.5) is 5.69 Å². The highest BCUT2D eigenvalue weighted by Crippen LogP contribution is 2.32. The molecule has 100 valence electrons. The van der Waals surface area contributed by atoms with Crippen molar-refractivity contribution in [1.29, 1.82) is 0 Å². The van der Waals surface area contributed by atoms with E-state index < -0.39 is 0 Å². The Morgan fingerprint density at radius 2 is 2.28 bits per heavy atom. The van der Waals surface area contributed by atoms with Gasteiger partial charge < -0.3 is 10.2 Å². The number of hydrogen-bond acceptors (Lipinski definition) is 2. The Bertz CT molecular complexity index is 421. The van der Waals surface area contributed by atoms with Crippen LogP contribution < -0.4 is 10.2 Å². The smallest absolute Gasteiger partial charge is 0.0526 e. The summed E-state index contributed by atoms with van der Waals surface area (Å²) in [7, 11) is 0. The normalized spacial score (nSPS) is 20.2. The molecule has 0 aliphatic carbocycles. The highest BCUT2D eigenvalue weighted by Gasteiger charge is 2.20. The predicted molar refractivity (Wildman–Crippen MR) is 82.8 cm³/mol. The number of halogens is 2. The number of piperazine rings is 1. The molecule has 1 fully saturated rings. The highest BCUT2D eigenvalue weighted by molar-refractivity contribution is 9.10. The zero-order valence-corrected chi connectivity index (χ0v) is 13.3. The van der Waals surface area contributed by atoms with E-state index in [2.05, 4.69) is 45.2 Å². The summed E-state index contributed by atoms with van der Waals surface area (Å²) in [6.45, 7) is 7.42. The Hall–Kier alpha value is -0.250. The molecule has 0 spiro atoms. The third-order valence-corrected chi connectivity index (χ3v) is 4.50. The third-order valence-electron chi connectivity index (χ3n) is 3.46. The summed E-state index contributed by atoms with van der Waals surface area (Å²) in [4.78, 5) is 2.42. The van der Waals surface area contributed by atoms with Gasteiger partial charge in [-0.15, -0.1) is 0 Å². The molecule has 1 aromatic rings. The molecular weight excluding hydrogens is 312 g/mol. The van der Waals surface area contributed by atoms with Crippen molar-refractivity contribution in [3.8, 4) is 0 Å². The number of nitrogens with zero attached hydrogens (tertiary/aromatic N) is 1. The van der Waals surface area contributed by atoms with Gasteiger partial charge in [-0.05, 0) is 47.0 Å². The minimum absolute atomic E-state index is 0.593. The number of benzene rings is 1. The molecule has 2 rings (SSSR count). The van der Waals surface area contributed by atoms with E-state index in [-0.39, 0.29) is 0 Å². The molecule has 1 aliphatic heterocycles. The Balaban J connectivity index is 2.18. The van der Waals surface area contributed by atoms with Gasteiger partial charge in [-0.1, -0.05) is 24.9 Å². The minimum atomic E-state index is 0.593. The molecule has 1 saturated heterocycles. The molecule has 2 nitrogen and oxygen atoms in total. The maximum Gasteiger partial charge on any atom is 0.0526 e. The Labute approximate surface area is 123 Å². The summed E-state index contributed by atoms with van der Waals surface area (Å²) in [5, 5.41) is 4.42. The molecule has 1 N–H and O–H groups in total. The van der Waals surface area contributed by atoms with E-state index in [1.165, 1.54) is 18.5 Å². The second kappa shape index (κ2) is 6.27. The number of anilines is 1. The topological polar surface area (TPSA) is 15.3 Å². The molecule has 1 atom stereocenters. The van der Waals surface area contributed by atoms with Crippen LogP contribution in [0, 0.1) is 6.92 Å². The van der Waals surface area contributed by atoms with Gasteiger partial charge in [0.25, 0.3) is 0 Å². The SMILES string of the molecule is CCCC1CN(c2cc(Cl)c(C)cc2Br)CCN1.